The summed E-state index contributed by atoms with van der Waals surface area (Å²) >= 11 is 3.49. The number of nitrogens with zero attached hydrogens (tertiary/aromatic N) is 3. The molecule has 0 bridgehead atoms. The number of benzene rings is 2. The standard InChI is InChI=1S/C24H22BrN3O4/c1-15-6-4-5-7-21(15)32-11-10-28-14-16(18-13-17(25)8-9-20(18)28)12-19-22(29)26(2)24(31)27(3)23(19)30/h4-9,12-14H,10-11H2,1-3H3. The second-order valence-corrected chi connectivity index (χ2v) is 8.54. The van der Waals surface area contributed by atoms with Crippen LogP contribution in [-0.2, 0) is 16.1 Å². The van der Waals surface area contributed by atoms with Crippen LogP contribution in [0.25, 0.3) is 17.0 Å². The second-order valence-electron chi connectivity index (χ2n) is 7.62. The number of ether oxygens (including phenoxy) is 1. The molecular weight excluding hydrogens is 474 g/mol. The Bertz CT molecular complexity index is 1250. The quantitative estimate of drug-likeness (QED) is 0.392. The molecule has 0 unspecified atom stereocenters. The van der Waals surface area contributed by atoms with Crippen LogP contribution in [0.1, 0.15) is 11.1 Å². The molecule has 1 fully saturated rings. The largest absolute Gasteiger partial charge is 0.491 e. The maximum Gasteiger partial charge on any atom is 0.333 e. The average molecular weight is 496 g/mol. The molecular formula is C24H22BrN3O4. The molecule has 3 aromatic rings. The molecule has 8 heteroatoms. The van der Waals surface area contributed by atoms with Crippen LogP contribution in [0.15, 0.2) is 58.7 Å². The van der Waals surface area contributed by atoms with Crippen molar-refractivity contribution in [3.8, 4) is 5.75 Å². The Morgan fingerprint density at radius 2 is 1.69 bits per heavy atom. The van der Waals surface area contributed by atoms with E-state index in [4.69, 9.17) is 4.74 Å². The monoisotopic (exact) mass is 495 g/mol. The molecule has 0 radical (unpaired) electrons. The van der Waals surface area contributed by atoms with Crippen molar-refractivity contribution in [3.05, 3.63) is 69.8 Å². The first-order valence-corrected chi connectivity index (χ1v) is 10.9. The molecule has 0 aliphatic carbocycles. The van der Waals surface area contributed by atoms with E-state index in [0.29, 0.717) is 18.7 Å². The van der Waals surface area contributed by atoms with Gasteiger partial charge in [0.2, 0.25) is 0 Å². The molecule has 164 valence electrons. The molecule has 1 aliphatic rings. The molecule has 0 spiro atoms. The van der Waals surface area contributed by atoms with E-state index in [9.17, 15) is 14.4 Å². The van der Waals surface area contributed by atoms with Crippen LogP contribution >= 0.6 is 15.9 Å². The molecule has 2 aromatic carbocycles. The Labute approximate surface area is 194 Å². The Kier molecular flexibility index (Phi) is 5.88. The zero-order valence-electron chi connectivity index (χ0n) is 18.0. The molecule has 0 atom stereocenters. The number of aromatic nitrogens is 1. The van der Waals surface area contributed by atoms with Gasteiger partial charge in [0.05, 0.1) is 6.54 Å². The molecule has 1 aliphatic heterocycles. The van der Waals surface area contributed by atoms with Gasteiger partial charge in [-0.25, -0.2) is 4.79 Å². The van der Waals surface area contributed by atoms with E-state index in [0.717, 1.165) is 36.5 Å². The third-order valence-corrected chi connectivity index (χ3v) is 5.99. The lowest BCUT2D eigenvalue weighted by Crippen LogP contribution is -2.52. The normalized spacial score (nSPS) is 14.5. The minimum atomic E-state index is -0.643. The first kappa shape index (κ1) is 21.8. The summed E-state index contributed by atoms with van der Waals surface area (Å²) in [6.07, 6.45) is 3.44. The molecule has 7 nitrogen and oxygen atoms in total. The number of carbonyl (C=O) groups excluding carboxylic acids is 3. The number of carbonyl (C=O) groups is 3. The summed E-state index contributed by atoms with van der Waals surface area (Å²) in [5, 5.41) is 0.880. The molecule has 4 rings (SSSR count). The van der Waals surface area contributed by atoms with Crippen LogP contribution < -0.4 is 4.74 Å². The van der Waals surface area contributed by atoms with E-state index in [1.165, 1.54) is 14.1 Å². The third kappa shape index (κ3) is 3.93. The van der Waals surface area contributed by atoms with Crippen molar-refractivity contribution < 1.29 is 19.1 Å². The number of urea groups is 1. The second kappa shape index (κ2) is 8.63. The van der Waals surface area contributed by atoms with Crippen molar-refractivity contribution in [2.75, 3.05) is 20.7 Å². The van der Waals surface area contributed by atoms with Crippen LogP contribution in [0, 0.1) is 6.92 Å². The van der Waals surface area contributed by atoms with Gasteiger partial charge in [0.15, 0.2) is 0 Å². The fraction of sp³-hybridized carbons (Fsp3) is 0.208. The number of halogens is 1. The number of amides is 4. The van der Waals surface area contributed by atoms with Gasteiger partial charge in [-0.3, -0.25) is 19.4 Å². The number of likely N-dealkylation sites (N-methyl/N-ethyl adjacent to an activating group) is 2. The van der Waals surface area contributed by atoms with Gasteiger partial charge in [0.1, 0.15) is 17.9 Å². The Balaban J connectivity index is 1.68. The summed E-state index contributed by atoms with van der Waals surface area (Å²) < 4.78 is 8.85. The van der Waals surface area contributed by atoms with Crippen LogP contribution in [0.5, 0.6) is 5.75 Å². The third-order valence-electron chi connectivity index (χ3n) is 5.50. The van der Waals surface area contributed by atoms with E-state index < -0.39 is 17.8 Å². The maximum atomic E-state index is 12.6. The lowest BCUT2D eigenvalue weighted by molar-refractivity contribution is -0.134. The highest BCUT2D eigenvalue weighted by Gasteiger charge is 2.37. The zero-order valence-corrected chi connectivity index (χ0v) is 19.5. The predicted molar refractivity (Wildman–Crippen MR) is 125 cm³/mol. The lowest BCUT2D eigenvalue weighted by atomic mass is 10.1. The van der Waals surface area contributed by atoms with Gasteiger partial charge in [0.25, 0.3) is 11.8 Å². The van der Waals surface area contributed by atoms with Gasteiger partial charge in [0, 0.05) is 41.2 Å². The molecule has 1 aromatic heterocycles. The molecule has 0 saturated carbocycles. The highest BCUT2D eigenvalue weighted by Crippen LogP contribution is 2.28. The van der Waals surface area contributed by atoms with Gasteiger partial charge in [-0.1, -0.05) is 34.1 Å². The van der Waals surface area contributed by atoms with Crippen molar-refractivity contribution in [1.29, 1.82) is 0 Å². The van der Waals surface area contributed by atoms with Gasteiger partial charge in [-0.15, -0.1) is 0 Å². The summed E-state index contributed by atoms with van der Waals surface area (Å²) in [5.74, 6) is -0.392. The number of hydrogen-bond acceptors (Lipinski definition) is 4. The predicted octanol–water partition coefficient (Wildman–Crippen LogP) is 4.23. The van der Waals surface area contributed by atoms with Crippen LogP contribution in [0.2, 0.25) is 0 Å². The highest BCUT2D eigenvalue weighted by atomic mass is 79.9. The average Bonchev–Trinajstić information content (AvgIpc) is 3.11. The van der Waals surface area contributed by atoms with Gasteiger partial charge < -0.3 is 9.30 Å². The zero-order chi connectivity index (χ0) is 23.0. The van der Waals surface area contributed by atoms with Crippen molar-refractivity contribution >= 4 is 50.8 Å². The summed E-state index contributed by atoms with van der Waals surface area (Å²) in [6.45, 7) is 3.04. The van der Waals surface area contributed by atoms with Gasteiger partial charge >= 0.3 is 6.03 Å². The van der Waals surface area contributed by atoms with Crippen LogP contribution in [0.4, 0.5) is 4.79 Å². The summed E-state index contributed by atoms with van der Waals surface area (Å²) in [6, 6.07) is 13.1. The van der Waals surface area contributed by atoms with Crippen molar-refractivity contribution in [1.82, 2.24) is 14.4 Å². The van der Waals surface area contributed by atoms with E-state index in [1.54, 1.807) is 6.08 Å². The number of aryl methyl sites for hydroxylation is 1. The minimum absolute atomic E-state index is 0.0511. The Morgan fingerprint density at radius 1 is 1.00 bits per heavy atom. The van der Waals surface area contributed by atoms with Crippen molar-refractivity contribution in [3.63, 3.8) is 0 Å². The van der Waals surface area contributed by atoms with Crippen LogP contribution in [0.3, 0.4) is 0 Å². The topological polar surface area (TPSA) is 71.8 Å². The summed E-state index contributed by atoms with van der Waals surface area (Å²) in [5.41, 5.74) is 2.67. The smallest absolute Gasteiger partial charge is 0.333 e. The van der Waals surface area contributed by atoms with Gasteiger partial charge in [-0.2, -0.15) is 0 Å². The summed E-state index contributed by atoms with van der Waals surface area (Å²) in [7, 11) is 2.73. The first-order valence-electron chi connectivity index (χ1n) is 10.1. The van der Waals surface area contributed by atoms with Crippen molar-refractivity contribution in [2.24, 2.45) is 0 Å². The van der Waals surface area contributed by atoms with E-state index in [2.05, 4.69) is 15.9 Å². The van der Waals surface area contributed by atoms with Gasteiger partial charge in [-0.05, 0) is 42.8 Å². The van der Waals surface area contributed by atoms with Crippen molar-refractivity contribution in [2.45, 2.75) is 13.5 Å². The van der Waals surface area contributed by atoms with E-state index >= 15 is 0 Å². The number of fused-ring (bicyclic) bond motifs is 1. The molecule has 2 heterocycles. The number of imide groups is 2. The van der Waals surface area contributed by atoms with Crippen LogP contribution in [-0.4, -0.2) is 52.9 Å². The molecule has 1 saturated heterocycles. The lowest BCUT2D eigenvalue weighted by Gasteiger charge is -2.28. The molecule has 4 amide bonds. The molecule has 32 heavy (non-hydrogen) atoms. The minimum Gasteiger partial charge on any atom is -0.491 e. The highest BCUT2D eigenvalue weighted by molar-refractivity contribution is 9.10. The van der Waals surface area contributed by atoms with E-state index in [-0.39, 0.29) is 5.57 Å². The number of hydrogen-bond donors (Lipinski definition) is 0. The fourth-order valence-electron chi connectivity index (χ4n) is 3.70. The summed E-state index contributed by atoms with van der Waals surface area (Å²) in [4.78, 5) is 39.1. The van der Waals surface area contributed by atoms with E-state index in [1.807, 2.05) is 60.2 Å². The Morgan fingerprint density at radius 3 is 2.38 bits per heavy atom. The SMILES string of the molecule is Cc1ccccc1OCCn1cc(C=C2C(=O)N(C)C(=O)N(C)C2=O)c2cc(Br)ccc21. The number of para-hydroxylation sites is 1. The fourth-order valence-corrected chi connectivity index (χ4v) is 4.06. The Hall–Kier alpha value is -3.39. The molecule has 0 N–H and O–H groups in total. The number of rotatable bonds is 5. The maximum absolute atomic E-state index is 12.6. The first-order chi connectivity index (χ1) is 15.3. The number of barbiturate groups is 1.